The van der Waals surface area contributed by atoms with Crippen LogP contribution in [0.4, 0.5) is 0 Å². The maximum absolute atomic E-state index is 8.52. The predicted octanol–water partition coefficient (Wildman–Crippen LogP) is 3.89. The van der Waals surface area contributed by atoms with E-state index in [0.717, 1.165) is 6.42 Å². The van der Waals surface area contributed by atoms with Gasteiger partial charge in [-0.15, -0.1) is 6.58 Å². The molecule has 0 aromatic heterocycles. The molecule has 0 heterocycles. The topological polar surface area (TPSA) is 23.8 Å². The minimum absolute atomic E-state index is 0.646. The lowest BCUT2D eigenvalue weighted by molar-refractivity contribution is 1.01. The number of nitrogens with zero attached hydrogens (tertiary/aromatic N) is 1. The van der Waals surface area contributed by atoms with Gasteiger partial charge in [0, 0.05) is 6.42 Å². The lowest BCUT2D eigenvalue weighted by Gasteiger charge is -2.30. The van der Waals surface area contributed by atoms with E-state index < -0.39 is 8.07 Å². The van der Waals surface area contributed by atoms with Gasteiger partial charge in [-0.25, -0.2) is 0 Å². The van der Waals surface area contributed by atoms with Crippen LogP contribution in [0.5, 0.6) is 0 Å². The fraction of sp³-hybridized carbons (Fsp3) is 0.727. The van der Waals surface area contributed by atoms with E-state index in [1.54, 1.807) is 0 Å². The summed E-state index contributed by atoms with van der Waals surface area (Å²) in [6.07, 6.45) is 1.58. The van der Waals surface area contributed by atoms with Crippen LogP contribution in [-0.4, -0.2) is 8.07 Å². The first-order valence-electron chi connectivity index (χ1n) is 5.22. The van der Waals surface area contributed by atoms with Crippen molar-refractivity contribution in [2.75, 3.05) is 0 Å². The van der Waals surface area contributed by atoms with E-state index in [1.807, 2.05) is 0 Å². The minimum atomic E-state index is -1.20. The first-order chi connectivity index (χ1) is 6.16. The third-order valence-electron chi connectivity index (χ3n) is 3.32. The largest absolute Gasteiger partial charge is 0.198 e. The molecule has 0 saturated heterocycles. The summed E-state index contributed by atoms with van der Waals surface area (Å²) in [5.74, 6) is 0. The van der Waals surface area contributed by atoms with Crippen molar-refractivity contribution in [3.05, 3.63) is 11.8 Å². The number of hydrogen-bond donors (Lipinski definition) is 0. The van der Waals surface area contributed by atoms with Crippen LogP contribution in [0.15, 0.2) is 11.8 Å². The standard InChI is InChI=1S/C11H21NSi/c1-5-13(6-2,7-3)11(4)9-8-10-12/h4-9H2,1-3H3. The molecule has 0 aromatic rings. The Labute approximate surface area is 83.5 Å². The van der Waals surface area contributed by atoms with Crippen molar-refractivity contribution < 1.29 is 0 Å². The van der Waals surface area contributed by atoms with Gasteiger partial charge >= 0.3 is 0 Å². The van der Waals surface area contributed by atoms with E-state index in [2.05, 4.69) is 33.4 Å². The van der Waals surface area contributed by atoms with Gasteiger partial charge in [0.15, 0.2) is 0 Å². The lowest BCUT2D eigenvalue weighted by Crippen LogP contribution is -2.34. The highest BCUT2D eigenvalue weighted by Gasteiger charge is 2.29. The molecule has 0 spiro atoms. The summed E-state index contributed by atoms with van der Waals surface area (Å²) in [7, 11) is -1.20. The van der Waals surface area contributed by atoms with Gasteiger partial charge in [0.25, 0.3) is 0 Å². The van der Waals surface area contributed by atoms with Crippen molar-refractivity contribution in [2.24, 2.45) is 0 Å². The SMILES string of the molecule is C=C(CCC#N)[Si](CC)(CC)CC. The molecule has 0 N–H and O–H groups in total. The molecule has 0 aliphatic carbocycles. The van der Waals surface area contributed by atoms with Gasteiger partial charge in [0.05, 0.1) is 14.1 Å². The molecule has 0 radical (unpaired) electrons. The van der Waals surface area contributed by atoms with Gasteiger partial charge in [0.1, 0.15) is 0 Å². The Kier molecular flexibility index (Phi) is 5.73. The zero-order valence-electron chi connectivity index (χ0n) is 9.19. The van der Waals surface area contributed by atoms with Gasteiger partial charge in [-0.1, -0.05) is 44.1 Å². The molecule has 0 atom stereocenters. The number of allylic oxidation sites excluding steroid dienone is 1. The van der Waals surface area contributed by atoms with Crippen LogP contribution < -0.4 is 0 Å². The van der Waals surface area contributed by atoms with E-state index in [4.69, 9.17) is 5.26 Å². The zero-order valence-corrected chi connectivity index (χ0v) is 10.2. The van der Waals surface area contributed by atoms with Gasteiger partial charge in [-0.05, 0) is 6.42 Å². The summed E-state index contributed by atoms with van der Waals surface area (Å²) >= 11 is 0. The molecule has 0 aliphatic heterocycles. The summed E-state index contributed by atoms with van der Waals surface area (Å²) in [6, 6.07) is 6.05. The van der Waals surface area contributed by atoms with E-state index in [-0.39, 0.29) is 0 Å². The van der Waals surface area contributed by atoms with Crippen LogP contribution in [-0.2, 0) is 0 Å². The second-order valence-corrected chi connectivity index (χ2v) is 8.99. The third kappa shape index (κ3) is 3.00. The molecular weight excluding hydrogens is 174 g/mol. The third-order valence-corrected chi connectivity index (χ3v) is 9.13. The Balaban J connectivity index is 4.37. The number of rotatable bonds is 6. The summed E-state index contributed by atoms with van der Waals surface area (Å²) in [6.45, 7) is 11.0. The van der Waals surface area contributed by atoms with Gasteiger partial charge in [0.2, 0.25) is 0 Å². The Morgan fingerprint density at radius 3 is 2.00 bits per heavy atom. The summed E-state index contributed by atoms with van der Waals surface area (Å²) in [5.41, 5.74) is 0. The highest BCUT2D eigenvalue weighted by atomic mass is 28.3. The Bertz CT molecular complexity index is 190. The maximum atomic E-state index is 8.52. The van der Waals surface area contributed by atoms with Gasteiger partial charge in [-0.2, -0.15) is 5.26 Å². The smallest absolute Gasteiger partial charge is 0.0800 e. The number of hydrogen-bond acceptors (Lipinski definition) is 1. The maximum Gasteiger partial charge on any atom is 0.0800 e. The van der Waals surface area contributed by atoms with Crippen LogP contribution >= 0.6 is 0 Å². The van der Waals surface area contributed by atoms with Crippen molar-refractivity contribution >= 4 is 8.07 Å². The molecule has 0 amide bonds. The molecule has 0 aliphatic rings. The Morgan fingerprint density at radius 1 is 1.23 bits per heavy atom. The van der Waals surface area contributed by atoms with Gasteiger partial charge in [-0.3, -0.25) is 0 Å². The molecule has 13 heavy (non-hydrogen) atoms. The monoisotopic (exact) mass is 195 g/mol. The molecule has 0 saturated carbocycles. The first-order valence-corrected chi connectivity index (χ1v) is 7.84. The second kappa shape index (κ2) is 5.99. The average Bonchev–Trinajstić information content (AvgIpc) is 2.18. The van der Waals surface area contributed by atoms with Gasteiger partial charge < -0.3 is 0 Å². The fourth-order valence-electron chi connectivity index (χ4n) is 1.97. The molecule has 1 nitrogen and oxygen atoms in total. The molecule has 74 valence electrons. The highest BCUT2D eigenvalue weighted by Crippen LogP contribution is 2.29. The molecule has 0 bridgehead atoms. The molecule has 0 unspecified atom stereocenters. The summed E-state index contributed by atoms with van der Waals surface area (Å²) < 4.78 is 0. The van der Waals surface area contributed by atoms with Crippen molar-refractivity contribution in [1.29, 1.82) is 5.26 Å². The van der Waals surface area contributed by atoms with Crippen molar-refractivity contribution in [3.8, 4) is 6.07 Å². The molecule has 0 fully saturated rings. The van der Waals surface area contributed by atoms with Crippen molar-refractivity contribution in [3.63, 3.8) is 0 Å². The lowest BCUT2D eigenvalue weighted by atomic mass is 10.3. The van der Waals surface area contributed by atoms with E-state index >= 15 is 0 Å². The summed E-state index contributed by atoms with van der Waals surface area (Å²) in [5, 5.41) is 9.93. The molecule has 0 rings (SSSR count). The number of nitriles is 1. The Hall–Kier alpha value is -0.553. The second-order valence-electron chi connectivity index (χ2n) is 3.60. The summed E-state index contributed by atoms with van der Waals surface area (Å²) in [4.78, 5) is 0. The van der Waals surface area contributed by atoms with Crippen LogP contribution in [0.1, 0.15) is 33.6 Å². The van der Waals surface area contributed by atoms with Crippen molar-refractivity contribution in [1.82, 2.24) is 0 Å². The molecule has 2 heteroatoms. The average molecular weight is 195 g/mol. The zero-order chi connectivity index (χ0) is 10.3. The quantitative estimate of drug-likeness (QED) is 0.590. The van der Waals surface area contributed by atoms with Crippen LogP contribution in [0.25, 0.3) is 0 Å². The highest BCUT2D eigenvalue weighted by molar-refractivity contribution is 6.86. The first kappa shape index (κ1) is 12.4. The van der Waals surface area contributed by atoms with Crippen LogP contribution in [0, 0.1) is 11.3 Å². The van der Waals surface area contributed by atoms with Crippen molar-refractivity contribution in [2.45, 2.75) is 51.7 Å². The van der Waals surface area contributed by atoms with E-state index in [1.165, 1.54) is 23.3 Å². The van der Waals surface area contributed by atoms with Crippen LogP contribution in [0.3, 0.4) is 0 Å². The molecular formula is C11H21NSi. The van der Waals surface area contributed by atoms with E-state index in [9.17, 15) is 0 Å². The minimum Gasteiger partial charge on any atom is -0.198 e. The van der Waals surface area contributed by atoms with Crippen LogP contribution in [0.2, 0.25) is 18.1 Å². The molecule has 0 aromatic carbocycles. The Morgan fingerprint density at radius 2 is 1.69 bits per heavy atom. The normalized spacial score (nSPS) is 10.9. The predicted molar refractivity (Wildman–Crippen MR) is 61.2 cm³/mol. The fourth-order valence-corrected chi connectivity index (χ4v) is 5.63. The van der Waals surface area contributed by atoms with E-state index in [0.29, 0.717) is 6.42 Å².